The molecule has 0 aliphatic carbocycles. The molecule has 0 amide bonds. The van der Waals surface area contributed by atoms with Gasteiger partial charge in [0.05, 0.1) is 0 Å². The predicted molar refractivity (Wildman–Crippen MR) is 57.1 cm³/mol. The lowest BCUT2D eigenvalue weighted by Crippen LogP contribution is -1.97. The van der Waals surface area contributed by atoms with Crippen LogP contribution >= 0.6 is 0 Å². The summed E-state index contributed by atoms with van der Waals surface area (Å²) in [5.74, 6) is 0.585. The van der Waals surface area contributed by atoms with Gasteiger partial charge in [-0.2, -0.15) is 0 Å². The molecule has 1 heteroatoms. The van der Waals surface area contributed by atoms with Crippen LogP contribution in [-0.2, 0) is 6.42 Å². The first-order chi connectivity index (χ1) is 6.15. The molecule has 0 unspecified atom stereocenters. The van der Waals surface area contributed by atoms with Gasteiger partial charge < -0.3 is 0 Å². The lowest BCUT2D eigenvalue weighted by Gasteiger charge is -2.08. The lowest BCUT2D eigenvalue weighted by atomic mass is 10.0. The highest BCUT2D eigenvalue weighted by molar-refractivity contribution is 5.25. The smallest absolute Gasteiger partial charge is 0.0432 e. The van der Waals surface area contributed by atoms with Crippen molar-refractivity contribution in [3.8, 4) is 0 Å². The summed E-state index contributed by atoms with van der Waals surface area (Å²) in [7, 11) is 0. The molecule has 0 aliphatic rings. The van der Waals surface area contributed by atoms with E-state index >= 15 is 0 Å². The number of aryl methyl sites for hydroxylation is 2. The maximum absolute atomic E-state index is 4.49. The van der Waals surface area contributed by atoms with Crippen LogP contribution in [0.15, 0.2) is 12.3 Å². The Kier molecular flexibility index (Phi) is 3.47. The van der Waals surface area contributed by atoms with Crippen LogP contribution in [-0.4, -0.2) is 4.98 Å². The Bertz CT molecular complexity index is 276. The Morgan fingerprint density at radius 1 is 1.38 bits per heavy atom. The molecule has 0 fully saturated rings. The van der Waals surface area contributed by atoms with Crippen molar-refractivity contribution < 1.29 is 0 Å². The van der Waals surface area contributed by atoms with Crippen molar-refractivity contribution in [3.05, 3.63) is 29.1 Å². The Hall–Kier alpha value is -0.850. The molecular weight excluding hydrogens is 158 g/mol. The van der Waals surface area contributed by atoms with Crippen LogP contribution in [0.1, 0.15) is 49.9 Å². The second-order valence-electron chi connectivity index (χ2n) is 3.94. The fraction of sp³-hybridized carbons (Fsp3) is 0.583. The monoisotopic (exact) mass is 177 g/mol. The maximum Gasteiger partial charge on any atom is 0.0432 e. The zero-order chi connectivity index (χ0) is 9.84. The number of hydrogen-bond acceptors (Lipinski definition) is 1. The van der Waals surface area contributed by atoms with E-state index in [1.165, 1.54) is 23.2 Å². The summed E-state index contributed by atoms with van der Waals surface area (Å²) in [5.41, 5.74) is 3.94. The van der Waals surface area contributed by atoms with E-state index < -0.39 is 0 Å². The van der Waals surface area contributed by atoms with Gasteiger partial charge in [0.1, 0.15) is 0 Å². The molecule has 0 N–H and O–H groups in total. The third-order valence-electron chi connectivity index (χ3n) is 2.36. The summed E-state index contributed by atoms with van der Waals surface area (Å²) in [6.07, 6.45) is 4.29. The van der Waals surface area contributed by atoms with Crippen LogP contribution in [0.25, 0.3) is 0 Å². The van der Waals surface area contributed by atoms with E-state index in [0.29, 0.717) is 5.92 Å². The summed E-state index contributed by atoms with van der Waals surface area (Å²) < 4.78 is 0. The van der Waals surface area contributed by atoms with Crippen LogP contribution in [0.4, 0.5) is 0 Å². The molecule has 0 saturated carbocycles. The number of rotatable bonds is 3. The zero-order valence-electron chi connectivity index (χ0n) is 9.09. The van der Waals surface area contributed by atoms with Gasteiger partial charge in [0.2, 0.25) is 0 Å². The summed E-state index contributed by atoms with van der Waals surface area (Å²) in [6, 6.07) is 2.27. The summed E-state index contributed by atoms with van der Waals surface area (Å²) in [4.78, 5) is 4.49. The highest BCUT2D eigenvalue weighted by Gasteiger charge is 2.03. The average molecular weight is 177 g/mol. The van der Waals surface area contributed by atoms with E-state index in [2.05, 4.69) is 38.7 Å². The first-order valence-electron chi connectivity index (χ1n) is 5.10. The molecular formula is C12H19N. The second-order valence-corrected chi connectivity index (χ2v) is 3.94. The van der Waals surface area contributed by atoms with Gasteiger partial charge in [0.25, 0.3) is 0 Å². The normalized spacial score (nSPS) is 10.8. The fourth-order valence-electron chi connectivity index (χ4n) is 1.44. The molecule has 0 spiro atoms. The Morgan fingerprint density at radius 3 is 2.54 bits per heavy atom. The fourth-order valence-corrected chi connectivity index (χ4v) is 1.44. The van der Waals surface area contributed by atoms with Crippen molar-refractivity contribution in [2.24, 2.45) is 0 Å². The van der Waals surface area contributed by atoms with Gasteiger partial charge in [0, 0.05) is 11.9 Å². The molecule has 0 radical (unpaired) electrons. The minimum absolute atomic E-state index is 0.585. The van der Waals surface area contributed by atoms with Crippen molar-refractivity contribution in [3.63, 3.8) is 0 Å². The molecule has 0 saturated heterocycles. The van der Waals surface area contributed by atoms with E-state index in [1.54, 1.807) is 0 Å². The summed E-state index contributed by atoms with van der Waals surface area (Å²) >= 11 is 0. The topological polar surface area (TPSA) is 12.9 Å². The first kappa shape index (κ1) is 10.2. The molecule has 1 heterocycles. The molecule has 1 aromatic heterocycles. The van der Waals surface area contributed by atoms with Crippen molar-refractivity contribution in [1.82, 2.24) is 4.98 Å². The van der Waals surface area contributed by atoms with Gasteiger partial charge >= 0.3 is 0 Å². The minimum Gasteiger partial charge on any atom is -0.261 e. The van der Waals surface area contributed by atoms with E-state index in [0.717, 1.165) is 6.42 Å². The number of pyridine rings is 1. The van der Waals surface area contributed by atoms with E-state index in [-0.39, 0.29) is 0 Å². The molecule has 72 valence electrons. The molecule has 1 rings (SSSR count). The average Bonchev–Trinajstić information content (AvgIpc) is 2.08. The van der Waals surface area contributed by atoms with Gasteiger partial charge in [-0.25, -0.2) is 0 Å². The van der Waals surface area contributed by atoms with Crippen molar-refractivity contribution in [2.75, 3.05) is 0 Å². The highest BCUT2D eigenvalue weighted by atomic mass is 14.7. The largest absolute Gasteiger partial charge is 0.261 e. The van der Waals surface area contributed by atoms with Crippen molar-refractivity contribution in [2.45, 2.75) is 46.5 Å². The first-order valence-corrected chi connectivity index (χ1v) is 5.10. The summed E-state index contributed by atoms with van der Waals surface area (Å²) in [5, 5.41) is 0. The van der Waals surface area contributed by atoms with Gasteiger partial charge in [-0.1, -0.05) is 33.3 Å². The molecule has 1 aromatic rings. The molecule has 0 bridgehead atoms. The third-order valence-corrected chi connectivity index (χ3v) is 2.36. The van der Waals surface area contributed by atoms with Crippen LogP contribution in [0, 0.1) is 6.92 Å². The molecule has 0 aliphatic heterocycles. The maximum atomic E-state index is 4.49. The molecule has 1 nitrogen and oxygen atoms in total. The minimum atomic E-state index is 0.585. The number of hydrogen-bond donors (Lipinski definition) is 0. The molecule has 0 atom stereocenters. The predicted octanol–water partition coefficient (Wildman–Crippen LogP) is 3.47. The van der Waals surface area contributed by atoms with E-state index in [9.17, 15) is 0 Å². The molecule has 0 aromatic carbocycles. The van der Waals surface area contributed by atoms with Gasteiger partial charge in [0.15, 0.2) is 0 Å². The van der Waals surface area contributed by atoms with E-state index in [4.69, 9.17) is 0 Å². The Morgan fingerprint density at radius 2 is 2.08 bits per heavy atom. The quantitative estimate of drug-likeness (QED) is 0.689. The van der Waals surface area contributed by atoms with Crippen LogP contribution in [0.3, 0.4) is 0 Å². The highest BCUT2D eigenvalue weighted by Crippen LogP contribution is 2.16. The SMILES string of the molecule is CCCc1ncc(C(C)C)cc1C. The summed E-state index contributed by atoms with van der Waals surface area (Å²) in [6.45, 7) is 8.76. The van der Waals surface area contributed by atoms with Crippen LogP contribution in [0.2, 0.25) is 0 Å². The van der Waals surface area contributed by atoms with Crippen LogP contribution < -0.4 is 0 Å². The van der Waals surface area contributed by atoms with Gasteiger partial charge in [-0.15, -0.1) is 0 Å². The van der Waals surface area contributed by atoms with Crippen LogP contribution in [0.5, 0.6) is 0 Å². The van der Waals surface area contributed by atoms with Crippen molar-refractivity contribution in [1.29, 1.82) is 0 Å². The van der Waals surface area contributed by atoms with Gasteiger partial charge in [-0.05, 0) is 30.4 Å². The number of aromatic nitrogens is 1. The van der Waals surface area contributed by atoms with Gasteiger partial charge in [-0.3, -0.25) is 4.98 Å². The number of nitrogens with zero attached hydrogens (tertiary/aromatic N) is 1. The Labute approximate surface area is 81.2 Å². The lowest BCUT2D eigenvalue weighted by molar-refractivity contribution is 0.827. The second kappa shape index (κ2) is 4.40. The Balaban J connectivity index is 2.92. The van der Waals surface area contributed by atoms with Crippen molar-refractivity contribution >= 4 is 0 Å². The standard InChI is InChI=1S/C12H19N/c1-5-6-12-10(4)7-11(8-13-12)9(2)3/h7-9H,5-6H2,1-4H3. The third kappa shape index (κ3) is 2.55. The van der Waals surface area contributed by atoms with E-state index in [1.807, 2.05) is 6.20 Å². The molecule has 13 heavy (non-hydrogen) atoms. The zero-order valence-corrected chi connectivity index (χ0v) is 9.09.